The Balaban J connectivity index is 2.13. The molecule has 112 valence electrons. The zero-order chi connectivity index (χ0) is 14.5. The molecule has 2 rings (SSSR count). The number of hydrogen-bond donors (Lipinski definition) is 1. The number of hydrogen-bond acceptors (Lipinski definition) is 3. The van der Waals surface area contributed by atoms with E-state index in [-0.39, 0.29) is 0 Å². The van der Waals surface area contributed by atoms with E-state index in [1.54, 1.807) is 6.20 Å². The van der Waals surface area contributed by atoms with Crippen molar-refractivity contribution in [3.8, 4) is 0 Å². The van der Waals surface area contributed by atoms with Crippen LogP contribution < -0.4 is 10.2 Å². The minimum Gasteiger partial charge on any atom is -0.354 e. The number of nitrogens with one attached hydrogen (secondary N) is 1. The monoisotopic (exact) mass is 295 g/mol. The van der Waals surface area contributed by atoms with Crippen LogP contribution in [0.1, 0.15) is 45.6 Å². The molecule has 2 heterocycles. The Morgan fingerprint density at radius 3 is 2.95 bits per heavy atom. The predicted molar refractivity (Wildman–Crippen MR) is 86.5 cm³/mol. The van der Waals surface area contributed by atoms with Gasteiger partial charge in [-0.25, -0.2) is 4.98 Å². The Morgan fingerprint density at radius 2 is 2.20 bits per heavy atom. The van der Waals surface area contributed by atoms with Crippen LogP contribution in [0, 0.1) is 5.92 Å². The predicted octanol–water partition coefficient (Wildman–Crippen LogP) is 3.86. The van der Waals surface area contributed by atoms with Crippen LogP contribution in [0.25, 0.3) is 0 Å². The molecular formula is C16H26ClN3. The van der Waals surface area contributed by atoms with Gasteiger partial charge in [-0.05, 0) is 50.3 Å². The molecule has 1 saturated heterocycles. The second-order valence-corrected chi connectivity index (χ2v) is 6.40. The highest BCUT2D eigenvalue weighted by Crippen LogP contribution is 2.28. The summed E-state index contributed by atoms with van der Waals surface area (Å²) in [5.41, 5.74) is 1.15. The quantitative estimate of drug-likeness (QED) is 0.836. The van der Waals surface area contributed by atoms with Crippen LogP contribution in [0.2, 0.25) is 5.02 Å². The molecule has 1 aromatic rings. The molecule has 20 heavy (non-hydrogen) atoms. The minimum absolute atomic E-state index is 0.566. The third kappa shape index (κ3) is 3.86. The maximum atomic E-state index is 6.26. The van der Waals surface area contributed by atoms with Gasteiger partial charge in [-0.3, -0.25) is 0 Å². The first-order valence-corrected chi connectivity index (χ1v) is 8.11. The van der Waals surface area contributed by atoms with Crippen LogP contribution in [-0.4, -0.2) is 24.1 Å². The van der Waals surface area contributed by atoms with Gasteiger partial charge in [0.2, 0.25) is 0 Å². The highest BCUT2D eigenvalue weighted by molar-refractivity contribution is 6.31. The average Bonchev–Trinajstić information content (AvgIpc) is 2.44. The van der Waals surface area contributed by atoms with E-state index < -0.39 is 0 Å². The van der Waals surface area contributed by atoms with E-state index in [0.717, 1.165) is 48.4 Å². The van der Waals surface area contributed by atoms with Crippen LogP contribution in [0.3, 0.4) is 0 Å². The third-order valence-corrected chi connectivity index (χ3v) is 4.41. The summed E-state index contributed by atoms with van der Waals surface area (Å²) in [5.74, 6) is 1.81. The van der Waals surface area contributed by atoms with Crippen molar-refractivity contribution >= 4 is 17.4 Å². The highest BCUT2D eigenvalue weighted by Gasteiger charge is 2.24. The lowest BCUT2D eigenvalue weighted by Crippen LogP contribution is -2.41. The van der Waals surface area contributed by atoms with Gasteiger partial charge in [0.25, 0.3) is 0 Å². The molecular weight excluding hydrogens is 270 g/mol. The molecule has 1 aliphatic rings. The van der Waals surface area contributed by atoms with Crippen molar-refractivity contribution in [1.82, 2.24) is 10.3 Å². The number of halogens is 1. The molecule has 1 N–H and O–H groups in total. The van der Waals surface area contributed by atoms with Gasteiger partial charge in [0.05, 0.1) is 5.02 Å². The molecule has 0 radical (unpaired) electrons. The summed E-state index contributed by atoms with van der Waals surface area (Å²) in [7, 11) is 0. The molecule has 4 heteroatoms. The van der Waals surface area contributed by atoms with E-state index in [1.165, 1.54) is 12.8 Å². The lowest BCUT2D eigenvalue weighted by atomic mass is 9.95. The number of piperidine rings is 1. The summed E-state index contributed by atoms with van der Waals surface area (Å²) >= 11 is 6.26. The van der Waals surface area contributed by atoms with Crippen molar-refractivity contribution in [1.29, 1.82) is 0 Å². The van der Waals surface area contributed by atoms with Crippen LogP contribution >= 0.6 is 11.6 Å². The standard InChI is InChI=1S/C16H26ClN3/c1-4-7-18-9-14-8-16(19-10-15(14)17)20-11-12(2)5-6-13(20)3/h8,10,12-13,18H,4-7,9,11H2,1-3H3. The Kier molecular flexibility index (Phi) is 5.67. The topological polar surface area (TPSA) is 28.2 Å². The van der Waals surface area contributed by atoms with Gasteiger partial charge in [-0.2, -0.15) is 0 Å². The molecule has 1 fully saturated rings. The molecule has 0 aromatic carbocycles. The SMILES string of the molecule is CCCNCc1cc(N2CC(C)CCC2C)ncc1Cl. The van der Waals surface area contributed by atoms with E-state index in [2.05, 4.69) is 42.0 Å². The number of nitrogens with zero attached hydrogens (tertiary/aromatic N) is 2. The largest absolute Gasteiger partial charge is 0.354 e. The number of anilines is 1. The molecule has 2 unspecified atom stereocenters. The van der Waals surface area contributed by atoms with Crippen LogP contribution in [0.4, 0.5) is 5.82 Å². The zero-order valence-electron chi connectivity index (χ0n) is 12.8. The zero-order valence-corrected chi connectivity index (χ0v) is 13.6. The molecule has 0 saturated carbocycles. The van der Waals surface area contributed by atoms with Crippen LogP contribution in [0.5, 0.6) is 0 Å². The Hall–Kier alpha value is -0.800. The summed E-state index contributed by atoms with van der Waals surface area (Å²) in [6, 6.07) is 2.72. The number of pyridine rings is 1. The number of aromatic nitrogens is 1. The molecule has 0 bridgehead atoms. The van der Waals surface area contributed by atoms with Gasteiger partial charge in [0, 0.05) is 25.3 Å². The van der Waals surface area contributed by atoms with E-state index in [0.29, 0.717) is 6.04 Å². The van der Waals surface area contributed by atoms with E-state index in [9.17, 15) is 0 Å². The van der Waals surface area contributed by atoms with E-state index >= 15 is 0 Å². The van der Waals surface area contributed by atoms with Gasteiger partial charge in [0.15, 0.2) is 0 Å². The first-order chi connectivity index (χ1) is 9.61. The lowest BCUT2D eigenvalue weighted by Gasteiger charge is -2.38. The molecule has 0 amide bonds. The molecule has 3 nitrogen and oxygen atoms in total. The van der Waals surface area contributed by atoms with Crippen LogP contribution in [-0.2, 0) is 6.54 Å². The normalized spacial score (nSPS) is 23.1. The van der Waals surface area contributed by atoms with Gasteiger partial charge < -0.3 is 10.2 Å². The fourth-order valence-corrected chi connectivity index (χ4v) is 2.94. The van der Waals surface area contributed by atoms with E-state index in [4.69, 9.17) is 11.6 Å². The first kappa shape index (κ1) is 15.6. The molecule has 0 spiro atoms. The van der Waals surface area contributed by atoms with E-state index in [1.807, 2.05) is 0 Å². The smallest absolute Gasteiger partial charge is 0.129 e. The maximum absolute atomic E-state index is 6.26. The van der Waals surface area contributed by atoms with Gasteiger partial charge in [-0.15, -0.1) is 0 Å². The fourth-order valence-electron chi connectivity index (χ4n) is 2.77. The highest BCUT2D eigenvalue weighted by atomic mass is 35.5. The average molecular weight is 296 g/mol. The Bertz CT molecular complexity index is 436. The summed E-state index contributed by atoms with van der Waals surface area (Å²) < 4.78 is 0. The maximum Gasteiger partial charge on any atom is 0.129 e. The molecule has 1 aliphatic heterocycles. The molecule has 1 aromatic heterocycles. The second-order valence-electron chi connectivity index (χ2n) is 5.99. The molecule has 0 aliphatic carbocycles. The lowest BCUT2D eigenvalue weighted by molar-refractivity contribution is 0.388. The van der Waals surface area contributed by atoms with Crippen molar-refractivity contribution in [2.75, 3.05) is 18.0 Å². The molecule has 2 atom stereocenters. The third-order valence-electron chi connectivity index (χ3n) is 4.07. The second kappa shape index (κ2) is 7.28. The summed E-state index contributed by atoms with van der Waals surface area (Å²) in [5, 5.41) is 4.17. The van der Waals surface area contributed by atoms with Gasteiger partial charge in [-0.1, -0.05) is 25.4 Å². The van der Waals surface area contributed by atoms with Crippen molar-refractivity contribution in [2.45, 2.75) is 52.6 Å². The number of rotatable bonds is 5. The summed E-state index contributed by atoms with van der Waals surface area (Å²) in [6.45, 7) is 9.71. The Labute approximate surface area is 127 Å². The van der Waals surface area contributed by atoms with Crippen molar-refractivity contribution in [3.63, 3.8) is 0 Å². The van der Waals surface area contributed by atoms with Gasteiger partial charge >= 0.3 is 0 Å². The minimum atomic E-state index is 0.566. The van der Waals surface area contributed by atoms with Crippen molar-refractivity contribution in [3.05, 3.63) is 22.8 Å². The van der Waals surface area contributed by atoms with Gasteiger partial charge in [0.1, 0.15) is 5.82 Å². The van der Waals surface area contributed by atoms with Crippen LogP contribution in [0.15, 0.2) is 12.3 Å². The van der Waals surface area contributed by atoms with Crippen molar-refractivity contribution in [2.24, 2.45) is 5.92 Å². The fraction of sp³-hybridized carbons (Fsp3) is 0.688. The summed E-state index contributed by atoms with van der Waals surface area (Å²) in [4.78, 5) is 6.97. The van der Waals surface area contributed by atoms with Crippen molar-refractivity contribution < 1.29 is 0 Å². The Morgan fingerprint density at radius 1 is 1.40 bits per heavy atom. The first-order valence-electron chi connectivity index (χ1n) is 7.73. The summed E-state index contributed by atoms with van der Waals surface area (Å²) in [6.07, 6.45) is 5.49.